The smallest absolute Gasteiger partial charge is 0.305 e. The first-order chi connectivity index (χ1) is 17.5. The van der Waals surface area contributed by atoms with Crippen LogP contribution in [0.2, 0.25) is 0 Å². The number of ether oxygens (including phenoxy) is 1. The van der Waals surface area contributed by atoms with Crippen LogP contribution in [-0.4, -0.2) is 39.1 Å². The van der Waals surface area contributed by atoms with Gasteiger partial charge in [-0.15, -0.1) is 10.2 Å². The van der Waals surface area contributed by atoms with Gasteiger partial charge in [-0.2, -0.15) is 4.80 Å². The standard InChI is InChI=1S/C26H22N6O4/c1-16-21-14-20(35-2)12-13-22(21)36-23(16)26(34)29-28-25(33)19-10-8-17(9-11-19)15-32-30-24(27-31-32)18-6-4-3-5-7-18/h3-14H,15H2,1-2H3,(H,28,33)(H,29,34). The maximum Gasteiger partial charge on any atom is 0.305 e. The van der Waals surface area contributed by atoms with Crippen molar-refractivity contribution in [3.63, 3.8) is 0 Å². The summed E-state index contributed by atoms with van der Waals surface area (Å²) in [6.07, 6.45) is 0. The summed E-state index contributed by atoms with van der Waals surface area (Å²) in [5.74, 6) is 0.298. The molecule has 0 saturated carbocycles. The van der Waals surface area contributed by atoms with Crippen LogP contribution in [-0.2, 0) is 6.54 Å². The highest BCUT2D eigenvalue weighted by atomic mass is 16.5. The molecule has 5 aromatic rings. The Bertz CT molecular complexity index is 1540. The Balaban J connectivity index is 1.20. The molecule has 0 aliphatic carbocycles. The fraction of sp³-hybridized carbons (Fsp3) is 0.115. The lowest BCUT2D eigenvalue weighted by molar-refractivity contribution is 0.0831. The van der Waals surface area contributed by atoms with Gasteiger partial charge in [0.25, 0.3) is 5.91 Å². The number of benzene rings is 3. The largest absolute Gasteiger partial charge is 0.497 e. The molecule has 0 bridgehead atoms. The minimum atomic E-state index is -0.556. The minimum Gasteiger partial charge on any atom is -0.497 e. The van der Waals surface area contributed by atoms with Crippen molar-refractivity contribution in [2.45, 2.75) is 13.5 Å². The summed E-state index contributed by atoms with van der Waals surface area (Å²) in [5.41, 5.74) is 8.18. The third-order valence-corrected chi connectivity index (χ3v) is 5.66. The maximum absolute atomic E-state index is 12.6. The second-order valence-corrected chi connectivity index (χ2v) is 8.03. The van der Waals surface area contributed by atoms with Crippen LogP contribution in [0.3, 0.4) is 0 Å². The Hall–Kier alpha value is -4.99. The molecule has 0 saturated heterocycles. The third-order valence-electron chi connectivity index (χ3n) is 5.66. The van der Waals surface area contributed by atoms with Gasteiger partial charge in [0, 0.05) is 22.1 Å². The monoisotopic (exact) mass is 482 g/mol. The van der Waals surface area contributed by atoms with Crippen molar-refractivity contribution in [3.05, 3.63) is 95.2 Å². The van der Waals surface area contributed by atoms with Gasteiger partial charge in [-0.3, -0.25) is 20.4 Å². The molecule has 5 rings (SSSR count). The zero-order valence-electron chi connectivity index (χ0n) is 19.6. The van der Waals surface area contributed by atoms with Crippen molar-refractivity contribution in [1.29, 1.82) is 0 Å². The van der Waals surface area contributed by atoms with Crippen LogP contribution in [0.25, 0.3) is 22.4 Å². The van der Waals surface area contributed by atoms with E-state index in [4.69, 9.17) is 9.15 Å². The van der Waals surface area contributed by atoms with Gasteiger partial charge >= 0.3 is 5.91 Å². The number of furan rings is 1. The van der Waals surface area contributed by atoms with Gasteiger partial charge in [0.15, 0.2) is 5.76 Å². The number of rotatable bonds is 6. The number of nitrogens with one attached hydrogen (secondary N) is 2. The van der Waals surface area contributed by atoms with Crippen molar-refractivity contribution in [2.24, 2.45) is 0 Å². The lowest BCUT2D eigenvalue weighted by atomic mass is 10.1. The summed E-state index contributed by atoms with van der Waals surface area (Å²) in [6.45, 7) is 2.17. The molecule has 0 radical (unpaired) electrons. The number of aromatic nitrogens is 4. The van der Waals surface area contributed by atoms with Crippen molar-refractivity contribution < 1.29 is 18.7 Å². The molecule has 2 heterocycles. The number of hydrazine groups is 1. The lowest BCUT2D eigenvalue weighted by Gasteiger charge is -2.07. The molecule has 36 heavy (non-hydrogen) atoms. The number of carbonyl (C=O) groups excluding carboxylic acids is 2. The topological polar surface area (TPSA) is 124 Å². The number of nitrogens with zero attached hydrogens (tertiary/aromatic N) is 4. The molecule has 0 aliphatic heterocycles. The molecule has 2 amide bonds. The Morgan fingerprint density at radius 1 is 0.972 bits per heavy atom. The van der Waals surface area contributed by atoms with Gasteiger partial charge in [0.1, 0.15) is 11.3 Å². The molecule has 0 unspecified atom stereocenters. The molecule has 0 aliphatic rings. The van der Waals surface area contributed by atoms with Crippen LogP contribution in [0.5, 0.6) is 5.75 Å². The molecule has 2 N–H and O–H groups in total. The van der Waals surface area contributed by atoms with E-state index in [1.54, 1.807) is 56.5 Å². The van der Waals surface area contributed by atoms with E-state index < -0.39 is 11.8 Å². The Morgan fingerprint density at radius 3 is 2.47 bits per heavy atom. The van der Waals surface area contributed by atoms with Crippen molar-refractivity contribution in [2.75, 3.05) is 7.11 Å². The first kappa shape index (κ1) is 22.8. The summed E-state index contributed by atoms with van der Waals surface area (Å²) < 4.78 is 10.9. The zero-order chi connectivity index (χ0) is 25.1. The molecule has 2 aromatic heterocycles. The second kappa shape index (κ2) is 9.71. The molecular formula is C26H22N6O4. The van der Waals surface area contributed by atoms with Crippen LogP contribution in [0.4, 0.5) is 0 Å². The maximum atomic E-state index is 12.6. The van der Waals surface area contributed by atoms with E-state index in [1.165, 1.54) is 4.80 Å². The summed E-state index contributed by atoms with van der Waals surface area (Å²) in [6, 6.07) is 21.8. The molecule has 10 nitrogen and oxygen atoms in total. The van der Waals surface area contributed by atoms with Crippen LogP contribution >= 0.6 is 0 Å². The summed E-state index contributed by atoms with van der Waals surface area (Å²) in [4.78, 5) is 26.6. The Labute approximate surface area is 205 Å². The average molecular weight is 483 g/mol. The number of carbonyl (C=O) groups is 2. The number of fused-ring (bicyclic) bond motifs is 1. The number of hydrogen-bond donors (Lipinski definition) is 2. The van der Waals surface area contributed by atoms with Crippen LogP contribution in [0, 0.1) is 6.92 Å². The van der Waals surface area contributed by atoms with Crippen LogP contribution < -0.4 is 15.6 Å². The van der Waals surface area contributed by atoms with E-state index in [1.807, 2.05) is 30.3 Å². The quantitative estimate of drug-likeness (QED) is 0.355. The van der Waals surface area contributed by atoms with Gasteiger partial charge < -0.3 is 9.15 Å². The van der Waals surface area contributed by atoms with Crippen LogP contribution in [0.15, 0.2) is 77.2 Å². The van der Waals surface area contributed by atoms with Gasteiger partial charge in [0.05, 0.1) is 13.7 Å². The SMILES string of the molecule is COc1ccc2oc(C(=O)NNC(=O)c3ccc(Cn4nnc(-c5ccccc5)n4)cc3)c(C)c2c1. The number of methoxy groups -OCH3 is 1. The van der Waals surface area contributed by atoms with Gasteiger partial charge in [-0.05, 0) is 48.0 Å². The highest BCUT2D eigenvalue weighted by Crippen LogP contribution is 2.28. The van der Waals surface area contributed by atoms with E-state index in [-0.39, 0.29) is 5.76 Å². The average Bonchev–Trinajstić information content (AvgIpc) is 3.52. The van der Waals surface area contributed by atoms with Crippen LogP contribution in [0.1, 0.15) is 32.0 Å². The minimum absolute atomic E-state index is 0.115. The molecule has 0 spiro atoms. The fourth-order valence-corrected chi connectivity index (χ4v) is 3.72. The first-order valence-electron chi connectivity index (χ1n) is 11.1. The van der Waals surface area contributed by atoms with Gasteiger partial charge in [-0.25, -0.2) is 0 Å². The second-order valence-electron chi connectivity index (χ2n) is 8.03. The van der Waals surface area contributed by atoms with E-state index in [2.05, 4.69) is 26.3 Å². The Kier molecular flexibility index (Phi) is 6.14. The summed E-state index contributed by atoms with van der Waals surface area (Å²) in [7, 11) is 1.57. The zero-order valence-corrected chi connectivity index (χ0v) is 19.6. The number of amides is 2. The first-order valence-corrected chi connectivity index (χ1v) is 11.1. The third kappa shape index (κ3) is 4.64. The number of hydrogen-bond acceptors (Lipinski definition) is 7. The predicted molar refractivity (Wildman–Crippen MR) is 131 cm³/mol. The van der Waals surface area contributed by atoms with E-state index in [9.17, 15) is 9.59 Å². The van der Waals surface area contributed by atoms with E-state index in [0.29, 0.717) is 34.8 Å². The normalized spacial score (nSPS) is 10.8. The molecule has 0 fully saturated rings. The molecule has 3 aromatic carbocycles. The van der Waals surface area contributed by atoms with Crippen molar-refractivity contribution in [3.8, 4) is 17.1 Å². The molecule has 0 atom stereocenters. The van der Waals surface area contributed by atoms with Gasteiger partial charge in [0.2, 0.25) is 5.82 Å². The number of aryl methyl sites for hydroxylation is 1. The van der Waals surface area contributed by atoms with Gasteiger partial charge in [-0.1, -0.05) is 42.5 Å². The molecule has 180 valence electrons. The van der Waals surface area contributed by atoms with E-state index in [0.717, 1.165) is 16.5 Å². The summed E-state index contributed by atoms with van der Waals surface area (Å²) >= 11 is 0. The molecular weight excluding hydrogens is 460 g/mol. The predicted octanol–water partition coefficient (Wildman–Crippen LogP) is 3.53. The highest BCUT2D eigenvalue weighted by molar-refractivity contribution is 6.01. The summed E-state index contributed by atoms with van der Waals surface area (Å²) in [5, 5.41) is 13.3. The van der Waals surface area contributed by atoms with E-state index >= 15 is 0 Å². The van der Waals surface area contributed by atoms with Crippen molar-refractivity contribution in [1.82, 2.24) is 31.1 Å². The lowest BCUT2D eigenvalue weighted by Crippen LogP contribution is -2.41. The fourth-order valence-electron chi connectivity index (χ4n) is 3.72. The number of tetrazole rings is 1. The Morgan fingerprint density at radius 2 is 1.72 bits per heavy atom. The van der Waals surface area contributed by atoms with Crippen molar-refractivity contribution >= 4 is 22.8 Å². The highest BCUT2D eigenvalue weighted by Gasteiger charge is 2.19. The molecule has 10 heteroatoms.